The Morgan fingerprint density at radius 3 is 2.45 bits per heavy atom. The number of esters is 1. The number of benzene rings is 4. The Labute approximate surface area is 291 Å². The van der Waals surface area contributed by atoms with E-state index < -0.39 is 12.0 Å². The number of thioether (sulfide) groups is 1. The van der Waals surface area contributed by atoms with Crippen LogP contribution in [0.5, 0.6) is 11.5 Å². The molecule has 5 aromatic rings. The number of aryl methyl sites for hydroxylation is 1. The van der Waals surface area contributed by atoms with E-state index in [1.54, 1.807) is 11.8 Å². The Kier molecular flexibility index (Phi) is 10.2. The fourth-order valence-electron chi connectivity index (χ4n) is 5.28. The lowest BCUT2D eigenvalue weighted by Crippen LogP contribution is -2.29. The first-order chi connectivity index (χ1) is 22.8. The van der Waals surface area contributed by atoms with E-state index in [1.165, 1.54) is 11.8 Å². The Bertz CT molecular complexity index is 1950. The maximum absolute atomic E-state index is 13.9. The zero-order valence-electron chi connectivity index (χ0n) is 26.0. The summed E-state index contributed by atoms with van der Waals surface area (Å²) in [6, 6.07) is 28.5. The third-order valence-electron chi connectivity index (χ3n) is 7.78. The first-order valence-corrected chi connectivity index (χ1v) is 17.0. The SMILES string of the molecule is COc1cc(C2C(C(=O)OCc3ccccc3)=C(C)Nc3nc(SCc4ccccc4Cl)nn32)cc(Br)c1OCc1ccccc1C. The second-order valence-corrected chi connectivity index (χ2v) is 13.1. The number of ether oxygens (including phenoxy) is 3. The Morgan fingerprint density at radius 2 is 1.70 bits per heavy atom. The number of allylic oxidation sites excluding steroid dienone is 1. The van der Waals surface area contributed by atoms with E-state index in [2.05, 4.69) is 34.2 Å². The second kappa shape index (κ2) is 14.7. The summed E-state index contributed by atoms with van der Waals surface area (Å²) in [6.07, 6.45) is 0. The van der Waals surface area contributed by atoms with Crippen molar-refractivity contribution >= 4 is 51.2 Å². The lowest BCUT2D eigenvalue weighted by atomic mass is 9.95. The number of carbonyl (C=O) groups excluding carboxylic acids is 1. The highest BCUT2D eigenvalue weighted by molar-refractivity contribution is 9.10. The molecule has 4 aromatic carbocycles. The average Bonchev–Trinajstić information content (AvgIpc) is 3.48. The molecule has 1 unspecified atom stereocenters. The van der Waals surface area contributed by atoms with Gasteiger partial charge in [0.25, 0.3) is 0 Å². The quantitative estimate of drug-likeness (QED) is 0.107. The van der Waals surface area contributed by atoms with Gasteiger partial charge in [-0.1, -0.05) is 96.2 Å². The van der Waals surface area contributed by atoms with Gasteiger partial charge >= 0.3 is 5.97 Å². The first kappa shape index (κ1) is 32.7. The minimum atomic E-state index is -0.674. The van der Waals surface area contributed by atoms with Crippen LogP contribution in [0.1, 0.15) is 40.8 Å². The van der Waals surface area contributed by atoms with Crippen LogP contribution in [0.4, 0.5) is 5.95 Å². The van der Waals surface area contributed by atoms with Gasteiger partial charge in [-0.3, -0.25) is 0 Å². The zero-order valence-corrected chi connectivity index (χ0v) is 29.2. The molecular formula is C36H32BrClN4O4S. The van der Waals surface area contributed by atoms with Gasteiger partial charge in [-0.15, -0.1) is 5.10 Å². The van der Waals surface area contributed by atoms with Crippen LogP contribution >= 0.6 is 39.3 Å². The summed E-state index contributed by atoms with van der Waals surface area (Å²) in [5.74, 6) is 1.68. The van der Waals surface area contributed by atoms with E-state index in [9.17, 15) is 4.79 Å². The summed E-state index contributed by atoms with van der Waals surface area (Å²) in [6.45, 7) is 4.39. The Balaban J connectivity index is 1.35. The van der Waals surface area contributed by atoms with Gasteiger partial charge in [-0.05, 0) is 75.8 Å². The smallest absolute Gasteiger partial charge is 0.338 e. The number of carbonyl (C=O) groups is 1. The minimum absolute atomic E-state index is 0.130. The number of aromatic nitrogens is 3. The highest BCUT2D eigenvalue weighted by Crippen LogP contribution is 2.44. The van der Waals surface area contributed by atoms with Gasteiger partial charge in [0.15, 0.2) is 11.5 Å². The highest BCUT2D eigenvalue weighted by atomic mass is 79.9. The Morgan fingerprint density at radius 1 is 0.979 bits per heavy atom. The summed E-state index contributed by atoms with van der Waals surface area (Å²) in [7, 11) is 1.59. The number of fused-ring (bicyclic) bond motifs is 1. The van der Waals surface area contributed by atoms with Crippen molar-refractivity contribution in [1.29, 1.82) is 0 Å². The van der Waals surface area contributed by atoms with Crippen LogP contribution in [0.3, 0.4) is 0 Å². The summed E-state index contributed by atoms with van der Waals surface area (Å²) in [4.78, 5) is 18.6. The lowest BCUT2D eigenvalue weighted by molar-refractivity contribution is -0.140. The number of hydrogen-bond donors (Lipinski definition) is 1. The van der Waals surface area contributed by atoms with Crippen molar-refractivity contribution in [2.24, 2.45) is 0 Å². The number of nitrogens with zero attached hydrogens (tertiary/aromatic N) is 3. The third-order valence-corrected chi connectivity index (χ3v) is 9.63. The lowest BCUT2D eigenvalue weighted by Gasteiger charge is -2.29. The maximum atomic E-state index is 13.9. The molecule has 6 rings (SSSR count). The minimum Gasteiger partial charge on any atom is -0.493 e. The van der Waals surface area contributed by atoms with Gasteiger partial charge in [0.2, 0.25) is 11.1 Å². The molecule has 2 heterocycles. The molecule has 0 bridgehead atoms. The van der Waals surface area contributed by atoms with E-state index in [4.69, 9.17) is 35.9 Å². The predicted octanol–water partition coefficient (Wildman–Crippen LogP) is 8.91. The molecule has 1 atom stereocenters. The zero-order chi connectivity index (χ0) is 32.9. The van der Waals surface area contributed by atoms with Crippen LogP contribution in [-0.2, 0) is 28.5 Å². The molecule has 1 aliphatic rings. The van der Waals surface area contributed by atoms with Gasteiger partial charge in [0.05, 0.1) is 17.2 Å². The molecule has 1 aliphatic heterocycles. The molecule has 0 fully saturated rings. The molecule has 47 heavy (non-hydrogen) atoms. The average molecular weight is 732 g/mol. The molecule has 240 valence electrons. The van der Waals surface area contributed by atoms with Crippen LogP contribution in [0.25, 0.3) is 0 Å². The van der Waals surface area contributed by atoms with Gasteiger partial charge in [-0.2, -0.15) is 4.98 Å². The van der Waals surface area contributed by atoms with Crippen LogP contribution < -0.4 is 14.8 Å². The van der Waals surface area contributed by atoms with E-state index in [1.807, 2.05) is 91.9 Å². The van der Waals surface area contributed by atoms with Crippen molar-refractivity contribution in [3.8, 4) is 11.5 Å². The molecule has 0 saturated carbocycles. The van der Waals surface area contributed by atoms with Crippen molar-refractivity contribution in [3.05, 3.63) is 140 Å². The Hall–Kier alpha value is -4.25. The molecule has 1 aromatic heterocycles. The highest BCUT2D eigenvalue weighted by Gasteiger charge is 2.36. The number of anilines is 1. The number of methoxy groups -OCH3 is 1. The van der Waals surface area contributed by atoms with E-state index in [0.717, 1.165) is 27.8 Å². The summed E-state index contributed by atoms with van der Waals surface area (Å²) in [5.41, 5.74) is 5.83. The fourth-order valence-corrected chi connectivity index (χ4v) is 6.97. The van der Waals surface area contributed by atoms with Crippen molar-refractivity contribution in [2.75, 3.05) is 12.4 Å². The van der Waals surface area contributed by atoms with Gasteiger partial charge < -0.3 is 19.5 Å². The molecule has 0 spiro atoms. The maximum Gasteiger partial charge on any atom is 0.338 e. The number of rotatable bonds is 11. The van der Waals surface area contributed by atoms with Gasteiger partial charge in [0.1, 0.15) is 19.3 Å². The molecule has 0 aliphatic carbocycles. The van der Waals surface area contributed by atoms with E-state index in [-0.39, 0.29) is 6.61 Å². The number of halogens is 2. The summed E-state index contributed by atoms with van der Waals surface area (Å²) < 4.78 is 20.3. The van der Waals surface area contributed by atoms with Crippen LogP contribution in [0.2, 0.25) is 5.02 Å². The van der Waals surface area contributed by atoms with Crippen molar-refractivity contribution in [3.63, 3.8) is 0 Å². The van der Waals surface area contributed by atoms with Gasteiger partial charge in [-0.25, -0.2) is 9.48 Å². The van der Waals surface area contributed by atoms with Crippen LogP contribution in [0.15, 0.2) is 112 Å². The van der Waals surface area contributed by atoms with Gasteiger partial charge in [0, 0.05) is 16.5 Å². The van der Waals surface area contributed by atoms with Crippen molar-refractivity contribution < 1.29 is 19.0 Å². The standard InChI is InChI=1S/C36H32BrClN4O4S/c1-22-11-7-8-14-25(22)20-45-33-28(37)17-27(18-30(33)44-3)32-31(34(43)46-19-24-12-5-4-6-13-24)23(2)39-35-40-36(41-42(32)35)47-21-26-15-9-10-16-29(26)38/h4-18,32H,19-21H2,1-3H3,(H,39,40,41). The molecule has 11 heteroatoms. The molecule has 0 radical (unpaired) electrons. The van der Waals surface area contributed by atoms with Crippen LogP contribution in [-0.4, -0.2) is 27.8 Å². The normalized spacial score (nSPS) is 13.9. The first-order valence-electron chi connectivity index (χ1n) is 14.9. The predicted molar refractivity (Wildman–Crippen MR) is 188 cm³/mol. The molecule has 1 N–H and O–H groups in total. The van der Waals surface area contributed by atoms with Crippen molar-refractivity contribution in [1.82, 2.24) is 14.8 Å². The second-order valence-electron chi connectivity index (χ2n) is 10.9. The molecule has 0 amide bonds. The van der Waals surface area contributed by atoms with E-state index in [0.29, 0.717) is 55.7 Å². The fraction of sp³-hybridized carbons (Fsp3) is 0.194. The van der Waals surface area contributed by atoms with E-state index >= 15 is 0 Å². The largest absolute Gasteiger partial charge is 0.493 e. The number of nitrogens with one attached hydrogen (secondary N) is 1. The molecule has 0 saturated heterocycles. The summed E-state index contributed by atoms with van der Waals surface area (Å²) in [5, 5.41) is 9.36. The topological polar surface area (TPSA) is 87.5 Å². The summed E-state index contributed by atoms with van der Waals surface area (Å²) >= 11 is 11.6. The monoisotopic (exact) mass is 730 g/mol. The number of hydrogen-bond acceptors (Lipinski definition) is 8. The van der Waals surface area contributed by atoms with Crippen LogP contribution in [0, 0.1) is 6.92 Å². The molecule has 8 nitrogen and oxygen atoms in total. The third kappa shape index (κ3) is 7.35. The molecular weight excluding hydrogens is 700 g/mol. The van der Waals surface area contributed by atoms with Crippen molar-refractivity contribution in [2.45, 2.75) is 44.0 Å².